The minimum absolute atomic E-state index is 1.11. The van der Waals surface area contributed by atoms with Gasteiger partial charge in [-0.3, -0.25) is 0 Å². The lowest BCUT2D eigenvalue weighted by atomic mass is 9.84. The summed E-state index contributed by atoms with van der Waals surface area (Å²) in [7, 11) is 0. The zero-order valence-corrected chi connectivity index (χ0v) is 45.8. The van der Waals surface area contributed by atoms with Gasteiger partial charge in [0.05, 0.1) is 11.4 Å². The van der Waals surface area contributed by atoms with E-state index >= 15 is 0 Å². The van der Waals surface area contributed by atoms with Gasteiger partial charge in [-0.05, 0) is 182 Å². The zero-order valence-electron chi connectivity index (χ0n) is 45.8. The Balaban J connectivity index is 0.944. The molecule has 2 heteroatoms. The highest BCUT2D eigenvalue weighted by Gasteiger charge is 2.29. The topological polar surface area (TPSA) is 6.48 Å². The highest BCUT2D eigenvalue weighted by atomic mass is 15.2. The van der Waals surface area contributed by atoms with Gasteiger partial charge in [-0.1, -0.05) is 211 Å². The molecule has 12 aromatic rings. The van der Waals surface area contributed by atoms with Crippen LogP contribution >= 0.6 is 0 Å². The number of rotatable bonds is 11. The highest BCUT2D eigenvalue weighted by molar-refractivity contribution is 6.43. The Morgan fingerprint density at radius 1 is 0.316 bits per heavy atom. The first-order chi connectivity index (χ1) is 38.9. The molecule has 2 aliphatic rings. The van der Waals surface area contributed by atoms with Crippen LogP contribution < -0.4 is 9.80 Å². The minimum Gasteiger partial charge on any atom is -0.309 e. The highest BCUT2D eigenvalue weighted by Crippen LogP contribution is 2.55. The van der Waals surface area contributed by atoms with Crippen molar-refractivity contribution in [1.29, 1.82) is 0 Å². The van der Waals surface area contributed by atoms with E-state index in [0.717, 1.165) is 28.3 Å². The molecular weight excluding hydrogens is 953 g/mol. The first-order valence-corrected chi connectivity index (χ1v) is 29.0. The average Bonchev–Trinajstić information content (AvgIpc) is 3.40. The number of aryl methyl sites for hydroxylation is 3. The lowest BCUT2D eigenvalue weighted by Gasteiger charge is -2.33. The van der Waals surface area contributed by atoms with Crippen molar-refractivity contribution in [2.75, 3.05) is 9.80 Å². The molecule has 14 rings (SSSR count). The second-order valence-corrected chi connectivity index (χ2v) is 22.8. The molecule has 0 radical (unpaired) electrons. The monoisotopic (exact) mass is 1020 g/mol. The van der Waals surface area contributed by atoms with Crippen molar-refractivity contribution in [1.82, 2.24) is 0 Å². The van der Waals surface area contributed by atoms with Gasteiger partial charge in [-0.25, -0.2) is 0 Å². The number of anilines is 6. The van der Waals surface area contributed by atoms with Crippen LogP contribution in [-0.4, -0.2) is 0 Å². The van der Waals surface area contributed by atoms with E-state index in [9.17, 15) is 0 Å². The standard InChI is InChI=1S/C77H66N2/c1-51-20-38-63(39-21-51)78(64-40-22-52(2)23-41-64)76-67-18-10-16-61-37-47-70-75(72(61)67)74-69(76)46-36-62-17-11-19-68(73(62)74)77(70)79(65-42-24-53(3)25-43-65)66-44-30-58(31-45-66)50-71(59-32-26-56(27-33-59)48-54-12-6-4-7-13-54)60-34-28-57(29-35-60)49-55-14-8-5-9-15-55/h10-11,16-50H,4-9,12-15H2,1-3H3. The van der Waals surface area contributed by atoms with Crippen LogP contribution in [0.5, 0.6) is 0 Å². The summed E-state index contributed by atoms with van der Waals surface area (Å²) in [4.78, 5) is 5.03. The third-order valence-corrected chi connectivity index (χ3v) is 17.3. The molecule has 0 spiro atoms. The molecule has 0 bridgehead atoms. The predicted molar refractivity (Wildman–Crippen MR) is 342 cm³/mol. The molecule has 2 nitrogen and oxygen atoms in total. The fourth-order valence-electron chi connectivity index (χ4n) is 13.2. The van der Waals surface area contributed by atoms with E-state index < -0.39 is 0 Å². The summed E-state index contributed by atoms with van der Waals surface area (Å²) < 4.78 is 0. The Morgan fingerprint density at radius 2 is 0.658 bits per heavy atom. The Hall–Kier alpha value is -8.72. The SMILES string of the molecule is Cc1ccc(N(c2ccc(C)cc2)c2c3cccc4ccc5c(N(c6ccc(C)cc6)c6ccc(C=C(c7ccc(C=C8CCCCC8)cc7)c7ccc(C=C8CCCCC8)cc7)cc6)c6cccc7ccc2c(c76)c5c43)cc1. The number of nitrogens with zero attached hydrogens (tertiary/aromatic N) is 2. The van der Waals surface area contributed by atoms with E-state index in [-0.39, 0.29) is 0 Å². The second kappa shape index (κ2) is 20.6. The minimum atomic E-state index is 1.11. The quantitative estimate of drug-likeness (QED) is 0.0724. The van der Waals surface area contributed by atoms with Crippen molar-refractivity contribution in [3.63, 3.8) is 0 Å². The number of benzene rings is 12. The van der Waals surface area contributed by atoms with Crippen LogP contribution in [0.3, 0.4) is 0 Å². The maximum Gasteiger partial charge on any atom is 0.0619 e. The fraction of sp³-hybridized carbons (Fsp3) is 0.169. The molecule has 0 aliphatic heterocycles. The third kappa shape index (κ3) is 9.14. The van der Waals surface area contributed by atoms with Gasteiger partial charge < -0.3 is 9.80 Å². The molecule has 384 valence electrons. The van der Waals surface area contributed by atoms with E-state index in [2.05, 4.69) is 255 Å². The average molecular weight is 1020 g/mol. The third-order valence-electron chi connectivity index (χ3n) is 17.3. The molecule has 0 N–H and O–H groups in total. The van der Waals surface area contributed by atoms with Gasteiger partial charge in [0.2, 0.25) is 0 Å². The fourth-order valence-corrected chi connectivity index (χ4v) is 13.2. The van der Waals surface area contributed by atoms with Crippen LogP contribution in [0.1, 0.15) is 109 Å². The van der Waals surface area contributed by atoms with Crippen molar-refractivity contribution in [3.8, 4) is 0 Å². The van der Waals surface area contributed by atoms with Gasteiger partial charge in [0.15, 0.2) is 0 Å². The molecule has 0 amide bonds. The van der Waals surface area contributed by atoms with Gasteiger partial charge in [0.25, 0.3) is 0 Å². The van der Waals surface area contributed by atoms with Gasteiger partial charge in [-0.2, -0.15) is 0 Å². The van der Waals surface area contributed by atoms with Crippen LogP contribution in [0.2, 0.25) is 0 Å². The van der Waals surface area contributed by atoms with Gasteiger partial charge in [0.1, 0.15) is 0 Å². The first-order valence-electron chi connectivity index (χ1n) is 29.0. The predicted octanol–water partition coefficient (Wildman–Crippen LogP) is 22.5. The van der Waals surface area contributed by atoms with Crippen LogP contribution in [0.25, 0.3) is 77.7 Å². The summed E-state index contributed by atoms with van der Waals surface area (Å²) in [6.07, 6.45) is 20.1. The van der Waals surface area contributed by atoms with Crippen LogP contribution in [0.15, 0.2) is 217 Å². The second-order valence-electron chi connectivity index (χ2n) is 22.8. The van der Waals surface area contributed by atoms with E-state index in [0.29, 0.717) is 0 Å². The summed E-state index contributed by atoms with van der Waals surface area (Å²) in [5.41, 5.74) is 21.3. The number of hydrogen-bond donors (Lipinski definition) is 0. The zero-order chi connectivity index (χ0) is 53.0. The van der Waals surface area contributed by atoms with E-state index in [1.165, 1.54) is 174 Å². The summed E-state index contributed by atoms with van der Waals surface area (Å²) in [6, 6.07) is 78.4. The van der Waals surface area contributed by atoms with Gasteiger partial charge in [-0.15, -0.1) is 0 Å². The molecule has 2 aliphatic carbocycles. The molecule has 0 atom stereocenters. The Morgan fingerprint density at radius 3 is 1.04 bits per heavy atom. The normalized spacial score (nSPS) is 14.0. The number of allylic oxidation sites excluding steroid dienone is 2. The van der Waals surface area contributed by atoms with Crippen molar-refractivity contribution in [3.05, 3.63) is 262 Å². The van der Waals surface area contributed by atoms with Crippen LogP contribution in [-0.2, 0) is 0 Å². The van der Waals surface area contributed by atoms with E-state index in [4.69, 9.17) is 0 Å². The first kappa shape index (κ1) is 48.6. The van der Waals surface area contributed by atoms with Crippen LogP contribution in [0.4, 0.5) is 34.1 Å². The van der Waals surface area contributed by atoms with Gasteiger partial charge in [0, 0.05) is 55.1 Å². The Bertz CT molecular complexity index is 4130. The summed E-state index contributed by atoms with van der Waals surface area (Å²) in [5, 5.41) is 12.6. The molecule has 0 heterocycles. The van der Waals surface area contributed by atoms with Crippen molar-refractivity contribution in [2.24, 2.45) is 0 Å². The maximum atomic E-state index is 2.53. The van der Waals surface area contributed by atoms with Crippen molar-refractivity contribution in [2.45, 2.75) is 85.0 Å². The Kier molecular flexibility index (Phi) is 12.7. The molecule has 0 saturated heterocycles. The molecule has 79 heavy (non-hydrogen) atoms. The summed E-state index contributed by atoms with van der Waals surface area (Å²) in [5.74, 6) is 0. The summed E-state index contributed by atoms with van der Waals surface area (Å²) in [6.45, 7) is 6.52. The van der Waals surface area contributed by atoms with E-state index in [1.54, 1.807) is 11.1 Å². The molecule has 0 unspecified atom stereocenters. The molecule has 0 aromatic heterocycles. The van der Waals surface area contributed by atoms with Crippen molar-refractivity contribution < 1.29 is 0 Å². The van der Waals surface area contributed by atoms with Gasteiger partial charge >= 0.3 is 0 Å². The number of hydrogen-bond acceptors (Lipinski definition) is 2. The molecule has 2 fully saturated rings. The lowest BCUT2D eigenvalue weighted by molar-refractivity contribution is 0.602. The Labute approximate surface area is 466 Å². The molecular formula is C77H66N2. The summed E-state index contributed by atoms with van der Waals surface area (Å²) >= 11 is 0. The van der Waals surface area contributed by atoms with Crippen molar-refractivity contribution >= 4 is 112 Å². The molecule has 2 saturated carbocycles. The molecule has 12 aromatic carbocycles. The smallest absolute Gasteiger partial charge is 0.0619 e. The lowest BCUT2D eigenvalue weighted by Crippen LogP contribution is -2.13. The largest absolute Gasteiger partial charge is 0.309 e. The van der Waals surface area contributed by atoms with E-state index in [1.807, 2.05) is 0 Å². The maximum absolute atomic E-state index is 2.53. The van der Waals surface area contributed by atoms with Crippen LogP contribution in [0, 0.1) is 20.8 Å².